The van der Waals surface area contributed by atoms with Gasteiger partial charge in [0.05, 0.1) is 0 Å². The molecule has 0 radical (unpaired) electrons. The smallest absolute Gasteiger partial charge is 0.135 e. The summed E-state index contributed by atoms with van der Waals surface area (Å²) in [5, 5.41) is 2.10. The van der Waals surface area contributed by atoms with Crippen LogP contribution in [0.5, 0.6) is 0 Å². The largest absolute Gasteiger partial charge is 0.300 e. The molecule has 0 unspecified atom stereocenters. The number of rotatable bonds is 2. The van der Waals surface area contributed by atoms with Crippen molar-refractivity contribution in [3.63, 3.8) is 0 Å². The monoisotopic (exact) mass is 195 g/mol. The maximum absolute atomic E-state index is 11.0. The molecule has 1 aromatic rings. The quantitative estimate of drug-likeness (QED) is 0.718. The van der Waals surface area contributed by atoms with Crippen LogP contribution in [0.25, 0.3) is 0 Å². The summed E-state index contributed by atoms with van der Waals surface area (Å²) >= 11 is 1.79. The number of hydrogen-bond donors (Lipinski definition) is 0. The Kier molecular flexibility index (Phi) is 2.76. The lowest BCUT2D eigenvalue weighted by Crippen LogP contribution is -2.32. The molecule has 0 saturated carbocycles. The van der Waals surface area contributed by atoms with Crippen molar-refractivity contribution in [1.82, 2.24) is 4.90 Å². The summed E-state index contributed by atoms with van der Waals surface area (Å²) in [5.74, 6) is 0.419. The van der Waals surface area contributed by atoms with Gasteiger partial charge in [-0.2, -0.15) is 0 Å². The van der Waals surface area contributed by atoms with Gasteiger partial charge in [0.25, 0.3) is 0 Å². The minimum atomic E-state index is 0.419. The lowest BCUT2D eigenvalue weighted by molar-refractivity contribution is -0.121. The highest BCUT2D eigenvalue weighted by molar-refractivity contribution is 7.09. The fraction of sp³-hybridized carbons (Fsp3) is 0.500. The summed E-state index contributed by atoms with van der Waals surface area (Å²) in [6, 6.07) is 4.23. The molecule has 0 aromatic carbocycles. The van der Waals surface area contributed by atoms with Gasteiger partial charge in [-0.3, -0.25) is 9.69 Å². The van der Waals surface area contributed by atoms with Gasteiger partial charge in [-0.1, -0.05) is 6.07 Å². The predicted octanol–water partition coefficient (Wildman–Crippen LogP) is 1.91. The molecule has 2 heterocycles. The zero-order valence-corrected chi connectivity index (χ0v) is 8.35. The molecule has 1 fully saturated rings. The molecule has 0 amide bonds. The van der Waals surface area contributed by atoms with Gasteiger partial charge >= 0.3 is 0 Å². The molecule has 0 spiro atoms. The van der Waals surface area contributed by atoms with Crippen molar-refractivity contribution in [2.75, 3.05) is 13.1 Å². The molecule has 1 aromatic heterocycles. The van der Waals surface area contributed by atoms with Crippen molar-refractivity contribution in [2.45, 2.75) is 19.4 Å². The van der Waals surface area contributed by atoms with Gasteiger partial charge in [0.15, 0.2) is 0 Å². The van der Waals surface area contributed by atoms with E-state index in [0.29, 0.717) is 5.78 Å². The van der Waals surface area contributed by atoms with Gasteiger partial charge in [0.1, 0.15) is 5.78 Å². The van der Waals surface area contributed by atoms with Gasteiger partial charge in [-0.05, 0) is 11.4 Å². The Labute approximate surface area is 82.2 Å². The molecule has 2 rings (SSSR count). The molecule has 0 N–H and O–H groups in total. The van der Waals surface area contributed by atoms with E-state index in [0.717, 1.165) is 32.5 Å². The molecule has 0 atom stereocenters. The Balaban J connectivity index is 1.86. The fourth-order valence-electron chi connectivity index (χ4n) is 1.58. The van der Waals surface area contributed by atoms with E-state index >= 15 is 0 Å². The van der Waals surface area contributed by atoms with Crippen LogP contribution in [0.4, 0.5) is 0 Å². The van der Waals surface area contributed by atoms with Crippen LogP contribution in [-0.2, 0) is 11.3 Å². The topological polar surface area (TPSA) is 20.3 Å². The lowest BCUT2D eigenvalue weighted by Gasteiger charge is -2.24. The first-order valence-corrected chi connectivity index (χ1v) is 5.49. The average molecular weight is 195 g/mol. The zero-order valence-electron chi connectivity index (χ0n) is 7.53. The lowest BCUT2D eigenvalue weighted by atomic mass is 10.1. The van der Waals surface area contributed by atoms with Crippen molar-refractivity contribution >= 4 is 17.1 Å². The van der Waals surface area contributed by atoms with Crippen LogP contribution < -0.4 is 0 Å². The second kappa shape index (κ2) is 4.03. The normalized spacial score (nSPS) is 19.2. The number of carbonyl (C=O) groups is 1. The van der Waals surface area contributed by atoms with E-state index in [1.807, 2.05) is 0 Å². The number of nitrogens with zero attached hydrogens (tertiary/aromatic N) is 1. The Hall–Kier alpha value is -0.670. The molecular formula is C10H13NOS. The second-order valence-electron chi connectivity index (χ2n) is 3.39. The van der Waals surface area contributed by atoms with Gasteiger partial charge in [0.2, 0.25) is 0 Å². The van der Waals surface area contributed by atoms with Crippen LogP contribution in [0.15, 0.2) is 17.5 Å². The van der Waals surface area contributed by atoms with Crippen LogP contribution in [0.1, 0.15) is 17.7 Å². The molecule has 13 heavy (non-hydrogen) atoms. The average Bonchev–Trinajstić information content (AvgIpc) is 2.62. The summed E-state index contributed by atoms with van der Waals surface area (Å²) in [5.41, 5.74) is 0. The molecular weight excluding hydrogens is 182 g/mol. The van der Waals surface area contributed by atoms with Crippen molar-refractivity contribution in [3.05, 3.63) is 22.4 Å². The highest BCUT2D eigenvalue weighted by Crippen LogP contribution is 2.14. The minimum absolute atomic E-state index is 0.419. The maximum Gasteiger partial charge on any atom is 0.135 e. The highest BCUT2D eigenvalue weighted by Gasteiger charge is 2.15. The molecule has 70 valence electrons. The Morgan fingerprint density at radius 3 is 2.77 bits per heavy atom. The van der Waals surface area contributed by atoms with E-state index in [2.05, 4.69) is 22.4 Å². The first kappa shape index (κ1) is 8.91. The Bertz CT molecular complexity index is 271. The van der Waals surface area contributed by atoms with E-state index in [4.69, 9.17) is 0 Å². The number of piperidine rings is 1. The molecule has 1 aliphatic heterocycles. The molecule has 1 aliphatic rings. The molecule has 3 heteroatoms. The maximum atomic E-state index is 11.0. The van der Waals surface area contributed by atoms with Crippen LogP contribution in [-0.4, -0.2) is 23.8 Å². The number of ketones is 1. The predicted molar refractivity (Wildman–Crippen MR) is 53.8 cm³/mol. The second-order valence-corrected chi connectivity index (χ2v) is 4.43. The fourth-order valence-corrected chi connectivity index (χ4v) is 2.33. The summed E-state index contributed by atoms with van der Waals surface area (Å²) in [6.45, 7) is 2.90. The number of thiophene rings is 1. The molecule has 0 bridgehead atoms. The third-order valence-electron chi connectivity index (χ3n) is 2.37. The number of carbonyl (C=O) groups excluding carboxylic acids is 1. The number of hydrogen-bond acceptors (Lipinski definition) is 3. The standard InChI is InChI=1S/C10H13NOS/c12-9-3-5-11(6-4-9)8-10-2-1-7-13-10/h1-2,7H,3-6,8H2. The van der Waals surface area contributed by atoms with Crippen LogP contribution in [0.2, 0.25) is 0 Å². The first-order valence-electron chi connectivity index (χ1n) is 4.61. The van der Waals surface area contributed by atoms with Crippen LogP contribution in [0, 0.1) is 0 Å². The molecule has 0 aliphatic carbocycles. The van der Waals surface area contributed by atoms with E-state index < -0.39 is 0 Å². The van der Waals surface area contributed by atoms with Gasteiger partial charge in [-0.15, -0.1) is 11.3 Å². The van der Waals surface area contributed by atoms with E-state index in [1.165, 1.54) is 4.88 Å². The third-order valence-corrected chi connectivity index (χ3v) is 3.23. The summed E-state index contributed by atoms with van der Waals surface area (Å²) in [7, 11) is 0. The minimum Gasteiger partial charge on any atom is -0.300 e. The van der Waals surface area contributed by atoms with E-state index in [9.17, 15) is 4.79 Å². The SMILES string of the molecule is O=C1CCN(Cc2cccs2)CC1. The van der Waals surface area contributed by atoms with Crippen LogP contribution in [0.3, 0.4) is 0 Å². The van der Waals surface area contributed by atoms with Gasteiger partial charge in [-0.25, -0.2) is 0 Å². The van der Waals surface area contributed by atoms with Crippen molar-refractivity contribution in [1.29, 1.82) is 0 Å². The summed E-state index contributed by atoms with van der Waals surface area (Å²) < 4.78 is 0. The first-order chi connectivity index (χ1) is 6.34. The number of likely N-dealkylation sites (tertiary alicyclic amines) is 1. The zero-order chi connectivity index (χ0) is 9.10. The van der Waals surface area contributed by atoms with Gasteiger partial charge < -0.3 is 0 Å². The van der Waals surface area contributed by atoms with E-state index in [-0.39, 0.29) is 0 Å². The van der Waals surface area contributed by atoms with Crippen molar-refractivity contribution in [2.24, 2.45) is 0 Å². The van der Waals surface area contributed by atoms with Crippen molar-refractivity contribution < 1.29 is 4.79 Å². The van der Waals surface area contributed by atoms with Crippen LogP contribution >= 0.6 is 11.3 Å². The number of Topliss-reactive ketones (excluding diaryl/α,β-unsaturated/α-hetero) is 1. The van der Waals surface area contributed by atoms with Gasteiger partial charge in [0, 0.05) is 37.4 Å². The van der Waals surface area contributed by atoms with Crippen molar-refractivity contribution in [3.8, 4) is 0 Å². The summed E-state index contributed by atoms with van der Waals surface area (Å²) in [6.07, 6.45) is 1.48. The summed E-state index contributed by atoms with van der Waals surface area (Å²) in [4.78, 5) is 14.7. The highest BCUT2D eigenvalue weighted by atomic mass is 32.1. The Morgan fingerprint density at radius 2 is 2.15 bits per heavy atom. The molecule has 2 nitrogen and oxygen atoms in total. The third kappa shape index (κ3) is 2.39. The van der Waals surface area contributed by atoms with E-state index in [1.54, 1.807) is 11.3 Å². The Morgan fingerprint density at radius 1 is 1.38 bits per heavy atom. The molecule has 1 saturated heterocycles.